The Kier molecular flexibility index (Phi) is 1.63. The Bertz CT molecular complexity index is 554. The molecule has 0 radical (unpaired) electrons. The highest BCUT2D eigenvalue weighted by molar-refractivity contribution is 6.09. The molecule has 1 aromatic carbocycles. The van der Waals surface area contributed by atoms with E-state index in [9.17, 15) is 4.79 Å². The normalized spacial score (nSPS) is 15.1. The van der Waals surface area contributed by atoms with Crippen LogP contribution in [0.25, 0.3) is 10.9 Å². The fraction of sp³-hybridized carbons (Fsp3) is 0.250. The lowest BCUT2D eigenvalue weighted by atomic mass is 10.0. The number of hydrogen-bond donors (Lipinski definition) is 2. The van der Waals surface area contributed by atoms with E-state index >= 15 is 0 Å². The number of aromatic amines is 1. The SMILES string of the molecule is Cc1ccc2[nH]c3c(c2c1)C(=O)NCC3. The van der Waals surface area contributed by atoms with Crippen LogP contribution in [0, 0.1) is 6.92 Å². The number of nitrogens with one attached hydrogen (secondary N) is 2. The Balaban J connectivity index is 2.38. The predicted octanol–water partition coefficient (Wildman–Crippen LogP) is 1.76. The Morgan fingerprint density at radius 2 is 2.20 bits per heavy atom. The summed E-state index contributed by atoms with van der Waals surface area (Å²) in [7, 11) is 0. The van der Waals surface area contributed by atoms with Gasteiger partial charge in [-0.1, -0.05) is 11.6 Å². The molecule has 1 amide bonds. The molecule has 0 fully saturated rings. The zero-order valence-electron chi connectivity index (χ0n) is 8.55. The first-order valence-corrected chi connectivity index (χ1v) is 5.15. The van der Waals surface area contributed by atoms with Crippen LogP contribution in [-0.4, -0.2) is 17.4 Å². The molecule has 2 heterocycles. The lowest BCUT2D eigenvalue weighted by Gasteiger charge is -2.11. The summed E-state index contributed by atoms with van der Waals surface area (Å²) >= 11 is 0. The number of rotatable bonds is 0. The van der Waals surface area contributed by atoms with Crippen molar-refractivity contribution in [2.75, 3.05) is 6.54 Å². The van der Waals surface area contributed by atoms with Gasteiger partial charge in [-0.3, -0.25) is 4.79 Å². The molecule has 0 atom stereocenters. The fourth-order valence-electron chi connectivity index (χ4n) is 2.20. The highest BCUT2D eigenvalue weighted by atomic mass is 16.1. The number of amides is 1. The summed E-state index contributed by atoms with van der Waals surface area (Å²) in [5, 5.41) is 3.92. The molecule has 3 nitrogen and oxygen atoms in total. The molecule has 0 saturated carbocycles. The van der Waals surface area contributed by atoms with E-state index in [0.717, 1.165) is 35.1 Å². The van der Waals surface area contributed by atoms with Crippen molar-refractivity contribution < 1.29 is 4.79 Å². The van der Waals surface area contributed by atoms with Gasteiger partial charge in [0, 0.05) is 29.6 Å². The second kappa shape index (κ2) is 2.86. The van der Waals surface area contributed by atoms with Crippen molar-refractivity contribution in [3.63, 3.8) is 0 Å². The quantitative estimate of drug-likeness (QED) is 0.668. The average molecular weight is 200 g/mol. The van der Waals surface area contributed by atoms with Crippen LogP contribution in [0.3, 0.4) is 0 Å². The summed E-state index contributed by atoms with van der Waals surface area (Å²) in [5.74, 6) is 0.0492. The van der Waals surface area contributed by atoms with Gasteiger partial charge in [0.25, 0.3) is 5.91 Å². The van der Waals surface area contributed by atoms with Crippen molar-refractivity contribution in [3.8, 4) is 0 Å². The van der Waals surface area contributed by atoms with Crippen molar-refractivity contribution in [1.29, 1.82) is 0 Å². The third-order valence-electron chi connectivity index (χ3n) is 2.92. The summed E-state index contributed by atoms with van der Waals surface area (Å²) in [4.78, 5) is 15.1. The van der Waals surface area contributed by atoms with Crippen LogP contribution in [0.5, 0.6) is 0 Å². The van der Waals surface area contributed by atoms with Crippen molar-refractivity contribution in [2.24, 2.45) is 0 Å². The number of benzene rings is 1. The molecule has 3 heteroatoms. The maximum atomic E-state index is 11.7. The third-order valence-corrected chi connectivity index (χ3v) is 2.92. The van der Waals surface area contributed by atoms with Gasteiger partial charge in [0.1, 0.15) is 0 Å². The molecule has 1 aliphatic heterocycles. The summed E-state index contributed by atoms with van der Waals surface area (Å²) < 4.78 is 0. The first kappa shape index (κ1) is 8.53. The van der Waals surface area contributed by atoms with Gasteiger partial charge < -0.3 is 10.3 Å². The molecule has 2 aromatic rings. The van der Waals surface area contributed by atoms with E-state index < -0.39 is 0 Å². The van der Waals surface area contributed by atoms with Crippen LogP contribution >= 0.6 is 0 Å². The predicted molar refractivity (Wildman–Crippen MR) is 59.1 cm³/mol. The number of aryl methyl sites for hydroxylation is 1. The molecule has 0 bridgehead atoms. The van der Waals surface area contributed by atoms with Gasteiger partial charge in [-0.15, -0.1) is 0 Å². The van der Waals surface area contributed by atoms with E-state index in [4.69, 9.17) is 0 Å². The number of H-pyrrole nitrogens is 1. The van der Waals surface area contributed by atoms with Crippen LogP contribution in [0.4, 0.5) is 0 Å². The molecular formula is C12H12N2O. The van der Waals surface area contributed by atoms with Crippen LogP contribution in [0.1, 0.15) is 21.6 Å². The number of carbonyl (C=O) groups is 1. The van der Waals surface area contributed by atoms with E-state index in [2.05, 4.69) is 22.4 Å². The molecule has 1 aliphatic rings. The molecule has 1 aromatic heterocycles. The van der Waals surface area contributed by atoms with Gasteiger partial charge in [0.05, 0.1) is 5.56 Å². The summed E-state index contributed by atoms with van der Waals surface area (Å²) in [5.41, 5.74) is 4.14. The molecule has 76 valence electrons. The van der Waals surface area contributed by atoms with E-state index in [-0.39, 0.29) is 5.91 Å². The van der Waals surface area contributed by atoms with Gasteiger partial charge in [0.2, 0.25) is 0 Å². The maximum Gasteiger partial charge on any atom is 0.253 e. The van der Waals surface area contributed by atoms with Crippen molar-refractivity contribution in [2.45, 2.75) is 13.3 Å². The lowest BCUT2D eigenvalue weighted by Crippen LogP contribution is -2.31. The van der Waals surface area contributed by atoms with E-state index in [1.54, 1.807) is 0 Å². The molecule has 2 N–H and O–H groups in total. The monoisotopic (exact) mass is 200 g/mol. The van der Waals surface area contributed by atoms with Gasteiger partial charge >= 0.3 is 0 Å². The molecular weight excluding hydrogens is 188 g/mol. The van der Waals surface area contributed by atoms with Crippen LogP contribution in [-0.2, 0) is 6.42 Å². The largest absolute Gasteiger partial charge is 0.358 e. The van der Waals surface area contributed by atoms with Gasteiger partial charge in [-0.25, -0.2) is 0 Å². The standard InChI is InChI=1S/C12H12N2O/c1-7-2-3-9-8(6-7)11-10(14-9)4-5-13-12(11)15/h2-3,6,14H,4-5H2,1H3,(H,13,15). The minimum absolute atomic E-state index is 0.0492. The summed E-state index contributed by atoms with van der Waals surface area (Å²) in [6, 6.07) is 6.16. The molecule has 0 spiro atoms. The zero-order valence-corrected chi connectivity index (χ0v) is 8.55. The molecule has 3 rings (SSSR count). The third kappa shape index (κ3) is 1.16. The number of fused-ring (bicyclic) bond motifs is 3. The van der Waals surface area contributed by atoms with E-state index in [1.165, 1.54) is 5.56 Å². The smallest absolute Gasteiger partial charge is 0.253 e. The van der Waals surface area contributed by atoms with E-state index in [1.807, 2.05) is 13.0 Å². The second-order valence-electron chi connectivity index (χ2n) is 4.03. The Labute approximate surface area is 87.5 Å². The van der Waals surface area contributed by atoms with Gasteiger partial charge in [-0.05, 0) is 19.1 Å². The van der Waals surface area contributed by atoms with Crippen molar-refractivity contribution >= 4 is 16.8 Å². The molecule has 0 saturated heterocycles. The summed E-state index contributed by atoms with van der Waals surface area (Å²) in [6.07, 6.45) is 0.898. The maximum absolute atomic E-state index is 11.7. The molecule has 0 aliphatic carbocycles. The summed E-state index contributed by atoms with van der Waals surface area (Å²) in [6.45, 7) is 2.78. The lowest BCUT2D eigenvalue weighted by molar-refractivity contribution is 0.0947. The number of hydrogen-bond acceptors (Lipinski definition) is 1. The molecule has 0 unspecified atom stereocenters. The highest BCUT2D eigenvalue weighted by Crippen LogP contribution is 2.25. The van der Waals surface area contributed by atoms with Crippen LogP contribution < -0.4 is 5.32 Å². The topological polar surface area (TPSA) is 44.9 Å². The zero-order chi connectivity index (χ0) is 10.4. The van der Waals surface area contributed by atoms with Crippen molar-refractivity contribution in [1.82, 2.24) is 10.3 Å². The van der Waals surface area contributed by atoms with Crippen molar-refractivity contribution in [3.05, 3.63) is 35.0 Å². The Hall–Kier alpha value is -1.77. The molecule has 15 heavy (non-hydrogen) atoms. The van der Waals surface area contributed by atoms with Crippen LogP contribution in [0.2, 0.25) is 0 Å². The van der Waals surface area contributed by atoms with E-state index in [0.29, 0.717) is 0 Å². The van der Waals surface area contributed by atoms with Gasteiger partial charge in [-0.2, -0.15) is 0 Å². The first-order valence-electron chi connectivity index (χ1n) is 5.15. The second-order valence-corrected chi connectivity index (χ2v) is 4.03. The highest BCUT2D eigenvalue weighted by Gasteiger charge is 2.21. The first-order chi connectivity index (χ1) is 7.25. The minimum atomic E-state index is 0.0492. The fourth-order valence-corrected chi connectivity index (χ4v) is 2.20. The van der Waals surface area contributed by atoms with Gasteiger partial charge in [0.15, 0.2) is 0 Å². The Morgan fingerprint density at radius 3 is 3.07 bits per heavy atom. The number of carbonyl (C=O) groups excluding carboxylic acids is 1. The Morgan fingerprint density at radius 1 is 1.33 bits per heavy atom. The number of aromatic nitrogens is 1. The average Bonchev–Trinajstić information content (AvgIpc) is 2.57. The minimum Gasteiger partial charge on any atom is -0.358 e. The van der Waals surface area contributed by atoms with Crippen LogP contribution in [0.15, 0.2) is 18.2 Å².